The quantitative estimate of drug-likeness (QED) is 0.566. The largest absolute Gasteiger partial charge is 0.293 e. The minimum Gasteiger partial charge on any atom is -0.293 e. The number of nitrogens with zero attached hydrogens (tertiary/aromatic N) is 5. The molecule has 6 heteroatoms. The van der Waals surface area contributed by atoms with Gasteiger partial charge in [-0.1, -0.05) is 42.8 Å². The van der Waals surface area contributed by atoms with Gasteiger partial charge in [-0.2, -0.15) is 0 Å². The Kier molecular flexibility index (Phi) is 6.44. The highest BCUT2D eigenvalue weighted by Gasteiger charge is 2.32. The molecule has 33 heavy (non-hydrogen) atoms. The molecule has 0 N–H and O–H groups in total. The first kappa shape index (κ1) is 21.7. The van der Waals surface area contributed by atoms with Crippen LogP contribution in [0.1, 0.15) is 60.1 Å². The van der Waals surface area contributed by atoms with E-state index in [0.29, 0.717) is 19.4 Å². The highest BCUT2D eigenvalue weighted by atomic mass is 16.2. The summed E-state index contributed by atoms with van der Waals surface area (Å²) < 4.78 is 0. The standard InChI is InChI=1S/C27H31N5O/c1-20-23-13-14-25(33)32(19-22-11-5-7-16-28-22)27(23)30-26(29-20)24-12-6-8-17-31(24)18-15-21-9-3-2-4-10-21/h2-5,7,9-11,16,24H,6,8,12-15,17-19H2,1H3/t24-/m1/s1. The van der Waals surface area contributed by atoms with Crippen molar-refractivity contribution in [1.82, 2.24) is 19.9 Å². The molecule has 1 saturated heterocycles. The van der Waals surface area contributed by atoms with Gasteiger partial charge < -0.3 is 0 Å². The van der Waals surface area contributed by atoms with Crippen molar-refractivity contribution in [3.8, 4) is 0 Å². The molecular formula is C27H31N5O. The fourth-order valence-electron chi connectivity index (χ4n) is 5.04. The summed E-state index contributed by atoms with van der Waals surface area (Å²) in [5.74, 6) is 1.76. The van der Waals surface area contributed by atoms with E-state index < -0.39 is 0 Å². The van der Waals surface area contributed by atoms with Gasteiger partial charge in [0.05, 0.1) is 18.3 Å². The second kappa shape index (κ2) is 9.79. The first-order valence-electron chi connectivity index (χ1n) is 12.0. The van der Waals surface area contributed by atoms with Gasteiger partial charge in [0.25, 0.3) is 0 Å². The summed E-state index contributed by atoms with van der Waals surface area (Å²) in [6.07, 6.45) is 7.44. The molecule has 1 aromatic carbocycles. The molecule has 0 unspecified atom stereocenters. The van der Waals surface area contributed by atoms with E-state index in [0.717, 1.165) is 54.5 Å². The Morgan fingerprint density at radius 1 is 1.00 bits per heavy atom. The Bertz CT molecular complexity index is 1100. The molecule has 5 rings (SSSR count). The van der Waals surface area contributed by atoms with E-state index in [1.807, 2.05) is 23.1 Å². The maximum atomic E-state index is 12.9. The van der Waals surface area contributed by atoms with E-state index in [2.05, 4.69) is 47.1 Å². The number of likely N-dealkylation sites (tertiary alicyclic amines) is 1. The van der Waals surface area contributed by atoms with Crippen molar-refractivity contribution in [2.75, 3.05) is 18.0 Å². The van der Waals surface area contributed by atoms with E-state index in [9.17, 15) is 4.79 Å². The number of carbonyl (C=O) groups is 1. The highest BCUT2D eigenvalue weighted by molar-refractivity contribution is 5.95. The summed E-state index contributed by atoms with van der Waals surface area (Å²) in [4.78, 5) is 31.7. The predicted molar refractivity (Wildman–Crippen MR) is 129 cm³/mol. The fourth-order valence-corrected chi connectivity index (χ4v) is 5.04. The number of rotatable bonds is 6. The monoisotopic (exact) mass is 441 g/mol. The number of piperidine rings is 1. The maximum Gasteiger partial charge on any atom is 0.228 e. The van der Waals surface area contributed by atoms with E-state index >= 15 is 0 Å². The minimum atomic E-state index is 0.113. The fraction of sp³-hybridized carbons (Fsp3) is 0.407. The van der Waals surface area contributed by atoms with Crippen LogP contribution in [-0.4, -0.2) is 38.8 Å². The molecule has 1 amide bonds. The number of amides is 1. The lowest BCUT2D eigenvalue weighted by Gasteiger charge is -2.36. The number of aryl methyl sites for hydroxylation is 1. The van der Waals surface area contributed by atoms with Gasteiger partial charge in [-0.15, -0.1) is 0 Å². The summed E-state index contributed by atoms with van der Waals surface area (Å²) in [5.41, 5.74) is 4.33. The first-order chi connectivity index (χ1) is 16.2. The van der Waals surface area contributed by atoms with Crippen molar-refractivity contribution in [1.29, 1.82) is 0 Å². The number of benzene rings is 1. The van der Waals surface area contributed by atoms with Gasteiger partial charge in [-0.05, 0) is 56.8 Å². The number of hydrogen-bond acceptors (Lipinski definition) is 5. The van der Waals surface area contributed by atoms with Crippen LogP contribution < -0.4 is 4.90 Å². The summed E-state index contributed by atoms with van der Waals surface area (Å²) in [5, 5.41) is 0. The third-order valence-electron chi connectivity index (χ3n) is 6.84. The van der Waals surface area contributed by atoms with Crippen LogP contribution in [0, 0.1) is 6.92 Å². The molecule has 170 valence electrons. The second-order valence-electron chi connectivity index (χ2n) is 9.05. The number of hydrogen-bond donors (Lipinski definition) is 0. The Hall–Kier alpha value is -3.12. The number of carbonyl (C=O) groups excluding carboxylic acids is 1. The van der Waals surface area contributed by atoms with E-state index in [1.165, 1.54) is 18.4 Å². The van der Waals surface area contributed by atoms with Crippen LogP contribution in [0.4, 0.5) is 5.82 Å². The molecule has 2 aliphatic heterocycles. The van der Waals surface area contributed by atoms with Gasteiger partial charge in [-0.3, -0.25) is 19.6 Å². The van der Waals surface area contributed by atoms with Crippen LogP contribution in [0.3, 0.4) is 0 Å². The van der Waals surface area contributed by atoms with Crippen LogP contribution in [0.15, 0.2) is 54.7 Å². The predicted octanol–water partition coefficient (Wildman–Crippen LogP) is 4.43. The van der Waals surface area contributed by atoms with Crippen molar-refractivity contribution >= 4 is 11.7 Å². The topological polar surface area (TPSA) is 62.2 Å². The van der Waals surface area contributed by atoms with Gasteiger partial charge in [0.1, 0.15) is 11.6 Å². The van der Waals surface area contributed by atoms with Crippen LogP contribution in [0.5, 0.6) is 0 Å². The van der Waals surface area contributed by atoms with Crippen molar-refractivity contribution in [3.63, 3.8) is 0 Å². The van der Waals surface area contributed by atoms with Gasteiger partial charge in [0, 0.05) is 30.4 Å². The minimum absolute atomic E-state index is 0.113. The number of pyridine rings is 1. The lowest BCUT2D eigenvalue weighted by Crippen LogP contribution is -2.39. The SMILES string of the molecule is Cc1nc([C@H]2CCCCN2CCc2ccccc2)nc2c1CCC(=O)N2Cc1ccccn1. The van der Waals surface area contributed by atoms with Crippen molar-refractivity contribution in [2.45, 2.75) is 58.0 Å². The average molecular weight is 442 g/mol. The van der Waals surface area contributed by atoms with Crippen LogP contribution in [0.25, 0.3) is 0 Å². The molecular weight excluding hydrogens is 410 g/mol. The molecule has 0 bridgehead atoms. The Balaban J connectivity index is 1.43. The van der Waals surface area contributed by atoms with E-state index in [1.54, 1.807) is 6.20 Å². The number of anilines is 1. The Morgan fingerprint density at radius 2 is 1.85 bits per heavy atom. The van der Waals surface area contributed by atoms with Gasteiger partial charge >= 0.3 is 0 Å². The molecule has 2 aromatic heterocycles. The van der Waals surface area contributed by atoms with Crippen molar-refractivity contribution in [3.05, 3.63) is 83.1 Å². The lowest BCUT2D eigenvalue weighted by atomic mass is 9.98. The summed E-state index contributed by atoms with van der Waals surface area (Å²) in [7, 11) is 0. The molecule has 0 spiro atoms. The molecule has 2 aliphatic rings. The number of fused-ring (bicyclic) bond motifs is 1. The summed E-state index contributed by atoms with van der Waals surface area (Å²) in [6, 6.07) is 16.7. The molecule has 1 fully saturated rings. The van der Waals surface area contributed by atoms with E-state index in [-0.39, 0.29) is 11.9 Å². The molecule has 0 radical (unpaired) electrons. The first-order valence-corrected chi connectivity index (χ1v) is 12.0. The van der Waals surface area contributed by atoms with Crippen molar-refractivity contribution < 1.29 is 4.79 Å². The lowest BCUT2D eigenvalue weighted by molar-refractivity contribution is -0.119. The Morgan fingerprint density at radius 3 is 2.67 bits per heavy atom. The molecule has 6 nitrogen and oxygen atoms in total. The zero-order chi connectivity index (χ0) is 22.6. The molecule has 0 saturated carbocycles. The second-order valence-corrected chi connectivity index (χ2v) is 9.05. The van der Waals surface area contributed by atoms with Gasteiger partial charge in [0.2, 0.25) is 5.91 Å². The average Bonchev–Trinajstić information content (AvgIpc) is 2.86. The normalized spacial score (nSPS) is 18.9. The van der Waals surface area contributed by atoms with E-state index in [4.69, 9.17) is 9.97 Å². The summed E-state index contributed by atoms with van der Waals surface area (Å²) >= 11 is 0. The molecule has 0 aliphatic carbocycles. The van der Waals surface area contributed by atoms with Gasteiger partial charge in [0.15, 0.2) is 0 Å². The van der Waals surface area contributed by atoms with Crippen LogP contribution >= 0.6 is 0 Å². The van der Waals surface area contributed by atoms with Gasteiger partial charge in [-0.25, -0.2) is 9.97 Å². The van der Waals surface area contributed by atoms with Crippen molar-refractivity contribution in [2.24, 2.45) is 0 Å². The zero-order valence-corrected chi connectivity index (χ0v) is 19.3. The summed E-state index contributed by atoms with van der Waals surface area (Å²) in [6.45, 7) is 4.57. The Labute approximate surface area is 195 Å². The third-order valence-corrected chi connectivity index (χ3v) is 6.84. The molecule has 4 heterocycles. The molecule has 3 aromatic rings. The maximum absolute atomic E-state index is 12.9. The zero-order valence-electron chi connectivity index (χ0n) is 19.3. The highest BCUT2D eigenvalue weighted by Crippen LogP contribution is 2.34. The van der Waals surface area contributed by atoms with Crippen LogP contribution in [0.2, 0.25) is 0 Å². The smallest absolute Gasteiger partial charge is 0.228 e. The third kappa shape index (κ3) is 4.81. The molecule has 1 atom stereocenters. The number of aromatic nitrogens is 3. The van der Waals surface area contributed by atoms with Crippen LogP contribution in [-0.2, 0) is 24.2 Å².